The van der Waals surface area contributed by atoms with Gasteiger partial charge in [-0.25, -0.2) is 0 Å². The Labute approximate surface area is 137 Å². The summed E-state index contributed by atoms with van der Waals surface area (Å²) in [5.41, 5.74) is 2.06. The van der Waals surface area contributed by atoms with Gasteiger partial charge in [-0.15, -0.1) is 0 Å². The van der Waals surface area contributed by atoms with E-state index in [1.54, 1.807) is 24.3 Å². The van der Waals surface area contributed by atoms with Gasteiger partial charge < -0.3 is 5.11 Å². The van der Waals surface area contributed by atoms with E-state index < -0.39 is 17.8 Å². The number of carbonyl (C=O) groups excluding carboxylic acids is 2. The number of rotatable bonds is 4. The van der Waals surface area contributed by atoms with Crippen LogP contribution in [0.15, 0.2) is 42.5 Å². The molecule has 0 atom stereocenters. The normalized spacial score (nSPS) is 13.3. The second-order valence-electron chi connectivity index (χ2n) is 5.15. The Morgan fingerprint density at radius 1 is 1.00 bits per heavy atom. The van der Waals surface area contributed by atoms with E-state index in [1.807, 2.05) is 18.2 Å². The van der Waals surface area contributed by atoms with E-state index in [2.05, 4.69) is 0 Å². The highest BCUT2D eigenvalue weighted by Crippen LogP contribution is 2.32. The molecule has 116 valence electrons. The summed E-state index contributed by atoms with van der Waals surface area (Å²) in [5.74, 6) is -1.99. The lowest BCUT2D eigenvalue weighted by Crippen LogP contribution is -2.31. The first-order valence-electron chi connectivity index (χ1n) is 6.96. The number of carboxylic acid groups (broad SMARTS) is 1. The van der Waals surface area contributed by atoms with Crippen molar-refractivity contribution in [3.05, 3.63) is 58.6 Å². The summed E-state index contributed by atoms with van der Waals surface area (Å²) in [7, 11) is 0. The van der Waals surface area contributed by atoms with Crippen molar-refractivity contribution < 1.29 is 19.5 Å². The SMILES string of the molecule is O=C(O)CCN1C(=O)c2ccc(-c3ccccc3Cl)cc2C1=O. The lowest BCUT2D eigenvalue weighted by molar-refractivity contribution is -0.137. The van der Waals surface area contributed by atoms with Gasteiger partial charge in [0.05, 0.1) is 17.5 Å². The molecular weight excluding hydrogens is 318 g/mol. The van der Waals surface area contributed by atoms with Crippen LogP contribution in [0.4, 0.5) is 0 Å². The van der Waals surface area contributed by atoms with Gasteiger partial charge in [0.2, 0.25) is 0 Å². The van der Waals surface area contributed by atoms with Crippen molar-refractivity contribution >= 4 is 29.4 Å². The van der Waals surface area contributed by atoms with Crippen molar-refractivity contribution in [3.63, 3.8) is 0 Å². The number of nitrogens with zero attached hydrogens (tertiary/aromatic N) is 1. The summed E-state index contributed by atoms with van der Waals surface area (Å²) >= 11 is 6.16. The van der Waals surface area contributed by atoms with Gasteiger partial charge in [-0.1, -0.05) is 35.9 Å². The summed E-state index contributed by atoms with van der Waals surface area (Å²) in [5, 5.41) is 9.27. The quantitative estimate of drug-likeness (QED) is 0.875. The van der Waals surface area contributed by atoms with Gasteiger partial charge in [0.25, 0.3) is 11.8 Å². The third-order valence-electron chi connectivity index (χ3n) is 3.70. The topological polar surface area (TPSA) is 74.7 Å². The Kier molecular flexibility index (Phi) is 3.88. The maximum atomic E-state index is 12.4. The molecule has 23 heavy (non-hydrogen) atoms. The van der Waals surface area contributed by atoms with Gasteiger partial charge in [-0.05, 0) is 23.8 Å². The second-order valence-corrected chi connectivity index (χ2v) is 5.55. The van der Waals surface area contributed by atoms with Crippen LogP contribution >= 0.6 is 11.6 Å². The first kappa shape index (κ1) is 15.2. The number of imide groups is 1. The molecule has 0 saturated carbocycles. The zero-order valence-electron chi connectivity index (χ0n) is 12.0. The molecule has 1 heterocycles. The maximum absolute atomic E-state index is 12.4. The third kappa shape index (κ3) is 2.71. The molecule has 0 aliphatic carbocycles. The Morgan fingerprint density at radius 3 is 2.39 bits per heavy atom. The number of carbonyl (C=O) groups is 3. The molecule has 0 unspecified atom stereocenters. The van der Waals surface area contributed by atoms with E-state index in [1.165, 1.54) is 0 Å². The van der Waals surface area contributed by atoms with Crippen LogP contribution < -0.4 is 0 Å². The van der Waals surface area contributed by atoms with Gasteiger partial charge in [0.15, 0.2) is 0 Å². The molecule has 0 fully saturated rings. The van der Waals surface area contributed by atoms with E-state index in [4.69, 9.17) is 16.7 Å². The molecule has 1 aliphatic heterocycles. The van der Waals surface area contributed by atoms with Crippen molar-refractivity contribution in [2.45, 2.75) is 6.42 Å². The maximum Gasteiger partial charge on any atom is 0.305 e. The van der Waals surface area contributed by atoms with Crippen LogP contribution in [0.2, 0.25) is 5.02 Å². The van der Waals surface area contributed by atoms with Crippen LogP contribution in [-0.4, -0.2) is 34.3 Å². The second kappa shape index (κ2) is 5.85. The molecule has 3 rings (SSSR count). The minimum atomic E-state index is -1.06. The zero-order chi connectivity index (χ0) is 16.6. The summed E-state index contributed by atoms with van der Waals surface area (Å²) < 4.78 is 0. The molecule has 5 nitrogen and oxygen atoms in total. The average Bonchev–Trinajstić information content (AvgIpc) is 2.77. The molecule has 2 aromatic carbocycles. The fourth-order valence-electron chi connectivity index (χ4n) is 2.56. The minimum Gasteiger partial charge on any atom is -0.481 e. The highest BCUT2D eigenvalue weighted by molar-refractivity contribution is 6.33. The lowest BCUT2D eigenvalue weighted by atomic mass is 10.0. The van der Waals surface area contributed by atoms with Crippen molar-refractivity contribution in [2.24, 2.45) is 0 Å². The van der Waals surface area contributed by atoms with Gasteiger partial charge in [-0.3, -0.25) is 19.3 Å². The van der Waals surface area contributed by atoms with Crippen molar-refractivity contribution in [3.8, 4) is 11.1 Å². The molecule has 2 amide bonds. The van der Waals surface area contributed by atoms with Crippen LogP contribution in [-0.2, 0) is 4.79 Å². The van der Waals surface area contributed by atoms with Crippen LogP contribution in [0.1, 0.15) is 27.1 Å². The Hall–Kier alpha value is -2.66. The van der Waals surface area contributed by atoms with Crippen molar-refractivity contribution in [2.75, 3.05) is 6.54 Å². The summed E-state index contributed by atoms with van der Waals surface area (Å²) in [6.07, 6.45) is -0.275. The number of halogens is 1. The molecule has 0 aromatic heterocycles. The number of aliphatic carboxylic acids is 1. The van der Waals surface area contributed by atoms with Crippen LogP contribution in [0.25, 0.3) is 11.1 Å². The number of hydrogen-bond acceptors (Lipinski definition) is 3. The van der Waals surface area contributed by atoms with Gasteiger partial charge in [0.1, 0.15) is 0 Å². The average molecular weight is 330 g/mol. The van der Waals surface area contributed by atoms with Crippen molar-refractivity contribution in [1.29, 1.82) is 0 Å². The minimum absolute atomic E-state index is 0.136. The van der Waals surface area contributed by atoms with Gasteiger partial charge >= 0.3 is 5.97 Å². The number of carboxylic acids is 1. The summed E-state index contributed by atoms with van der Waals surface area (Å²) in [6.45, 7) is -0.136. The lowest BCUT2D eigenvalue weighted by Gasteiger charge is -2.11. The van der Waals surface area contributed by atoms with E-state index in [-0.39, 0.29) is 24.1 Å². The molecule has 1 N–H and O–H groups in total. The predicted molar refractivity (Wildman–Crippen MR) is 84.5 cm³/mol. The van der Waals surface area contributed by atoms with E-state index in [0.29, 0.717) is 5.02 Å². The van der Waals surface area contributed by atoms with E-state index in [0.717, 1.165) is 16.0 Å². The molecule has 6 heteroatoms. The largest absolute Gasteiger partial charge is 0.481 e. The van der Waals surface area contributed by atoms with Gasteiger partial charge in [-0.2, -0.15) is 0 Å². The molecule has 1 aliphatic rings. The monoisotopic (exact) mass is 329 g/mol. The number of fused-ring (bicyclic) bond motifs is 1. The first-order valence-corrected chi connectivity index (χ1v) is 7.34. The molecule has 0 bridgehead atoms. The highest BCUT2D eigenvalue weighted by Gasteiger charge is 2.35. The molecule has 0 radical (unpaired) electrons. The first-order chi connectivity index (χ1) is 11.0. The fourth-order valence-corrected chi connectivity index (χ4v) is 2.81. The van der Waals surface area contributed by atoms with Crippen LogP contribution in [0.3, 0.4) is 0 Å². The highest BCUT2D eigenvalue weighted by atomic mass is 35.5. The Morgan fingerprint density at radius 2 is 1.70 bits per heavy atom. The van der Waals surface area contributed by atoms with Crippen LogP contribution in [0, 0.1) is 0 Å². The smallest absolute Gasteiger partial charge is 0.305 e. The van der Waals surface area contributed by atoms with Crippen molar-refractivity contribution in [1.82, 2.24) is 4.90 Å². The third-order valence-corrected chi connectivity index (χ3v) is 4.03. The van der Waals surface area contributed by atoms with Gasteiger partial charge in [0, 0.05) is 17.1 Å². The Balaban J connectivity index is 1.97. The van der Waals surface area contributed by atoms with E-state index in [9.17, 15) is 14.4 Å². The molecule has 2 aromatic rings. The summed E-state index contributed by atoms with van der Waals surface area (Å²) in [4.78, 5) is 36.2. The van der Waals surface area contributed by atoms with Crippen LogP contribution in [0.5, 0.6) is 0 Å². The number of amides is 2. The fraction of sp³-hybridized carbons (Fsp3) is 0.118. The molecule has 0 saturated heterocycles. The zero-order valence-corrected chi connectivity index (χ0v) is 12.7. The molecular formula is C17H12ClNO4. The number of hydrogen-bond donors (Lipinski definition) is 1. The standard InChI is InChI=1S/C17H12ClNO4/c18-14-4-2-1-3-11(14)10-5-6-12-13(9-10)17(23)19(16(12)22)8-7-15(20)21/h1-6,9H,7-8H2,(H,20,21). The summed E-state index contributed by atoms with van der Waals surface area (Å²) in [6, 6.07) is 12.1. The predicted octanol–water partition coefficient (Wildman–Crippen LogP) is 3.08. The Bertz CT molecular complexity index is 831. The van der Waals surface area contributed by atoms with E-state index >= 15 is 0 Å². The molecule has 0 spiro atoms. The number of benzene rings is 2.